The summed E-state index contributed by atoms with van der Waals surface area (Å²) >= 11 is 0. The van der Waals surface area contributed by atoms with E-state index in [1.54, 1.807) is 0 Å². The second-order valence-electron chi connectivity index (χ2n) is 6.87. The van der Waals surface area contributed by atoms with Crippen molar-refractivity contribution < 1.29 is 14.3 Å². The number of ether oxygens (including phenoxy) is 2. The molecule has 0 aliphatic carbocycles. The smallest absolute Gasteiger partial charge is 0.251 e. The Bertz CT molecular complexity index is 1050. The summed E-state index contributed by atoms with van der Waals surface area (Å²) < 4.78 is 13.0. The van der Waals surface area contributed by atoms with Crippen LogP contribution in [0.2, 0.25) is 0 Å². The molecule has 0 spiro atoms. The Kier molecular flexibility index (Phi) is 4.15. The van der Waals surface area contributed by atoms with E-state index in [4.69, 9.17) is 15.2 Å². The third kappa shape index (κ3) is 2.85. The summed E-state index contributed by atoms with van der Waals surface area (Å²) in [5.41, 5.74) is 12.4. The third-order valence-corrected chi connectivity index (χ3v) is 5.22. The number of benzene rings is 2. The lowest BCUT2D eigenvalue weighted by molar-refractivity contribution is 0.1000. The summed E-state index contributed by atoms with van der Waals surface area (Å²) in [5.74, 6) is 1.11. The number of nitrogens with zero attached hydrogens (tertiary/aromatic N) is 1. The molecule has 2 aromatic carbocycles. The lowest BCUT2D eigenvalue weighted by atomic mass is 9.96. The highest BCUT2D eigenvalue weighted by atomic mass is 16.7. The largest absolute Gasteiger partial charge is 0.454 e. The van der Waals surface area contributed by atoms with Crippen molar-refractivity contribution in [3.8, 4) is 22.6 Å². The molecule has 0 fully saturated rings. The first kappa shape index (κ1) is 17.2. The molecular weight excluding hydrogens is 340 g/mol. The molecule has 0 saturated heterocycles. The molecule has 138 valence electrons. The molecule has 1 aliphatic rings. The van der Waals surface area contributed by atoms with Gasteiger partial charge >= 0.3 is 0 Å². The molecule has 1 aliphatic heterocycles. The van der Waals surface area contributed by atoms with Crippen LogP contribution in [0.1, 0.15) is 32.9 Å². The fourth-order valence-corrected chi connectivity index (χ4v) is 3.83. The van der Waals surface area contributed by atoms with Crippen molar-refractivity contribution in [3.63, 3.8) is 0 Å². The number of hydrogen-bond acceptors (Lipinski definition) is 3. The minimum Gasteiger partial charge on any atom is -0.454 e. The van der Waals surface area contributed by atoms with Crippen LogP contribution >= 0.6 is 0 Å². The number of aromatic nitrogens is 1. The number of aryl methyl sites for hydroxylation is 1. The van der Waals surface area contributed by atoms with Crippen LogP contribution in [0.25, 0.3) is 11.1 Å². The molecule has 5 heteroatoms. The van der Waals surface area contributed by atoms with Crippen LogP contribution in [0, 0.1) is 20.8 Å². The van der Waals surface area contributed by atoms with Gasteiger partial charge in [-0.05, 0) is 49.6 Å². The molecule has 4 rings (SSSR count). The monoisotopic (exact) mass is 362 g/mol. The number of amides is 1. The fourth-order valence-electron chi connectivity index (χ4n) is 3.83. The summed E-state index contributed by atoms with van der Waals surface area (Å²) in [6.07, 6.45) is 0. The van der Waals surface area contributed by atoms with Crippen LogP contribution in [-0.4, -0.2) is 17.3 Å². The first-order chi connectivity index (χ1) is 13.0. The van der Waals surface area contributed by atoms with E-state index in [-0.39, 0.29) is 6.79 Å². The van der Waals surface area contributed by atoms with E-state index < -0.39 is 5.91 Å². The van der Waals surface area contributed by atoms with Gasteiger partial charge in [0, 0.05) is 23.5 Å². The normalized spacial score (nSPS) is 12.4. The second kappa shape index (κ2) is 6.50. The SMILES string of the molecule is Cc1ccccc1-c1c(C(N)=O)c(C)n(Cc2ccc3c(c2)OCO3)c1C. The molecule has 5 nitrogen and oxygen atoms in total. The van der Waals surface area contributed by atoms with E-state index >= 15 is 0 Å². The summed E-state index contributed by atoms with van der Waals surface area (Å²) in [5, 5.41) is 0. The van der Waals surface area contributed by atoms with E-state index in [1.165, 1.54) is 0 Å². The van der Waals surface area contributed by atoms with Crippen molar-refractivity contribution in [2.75, 3.05) is 6.79 Å². The van der Waals surface area contributed by atoms with Gasteiger partial charge in [0.2, 0.25) is 6.79 Å². The number of hydrogen-bond donors (Lipinski definition) is 1. The minimum absolute atomic E-state index is 0.254. The number of rotatable bonds is 4. The van der Waals surface area contributed by atoms with E-state index in [0.717, 1.165) is 45.1 Å². The van der Waals surface area contributed by atoms with Crippen LogP contribution in [0.3, 0.4) is 0 Å². The van der Waals surface area contributed by atoms with Gasteiger partial charge in [0.15, 0.2) is 11.5 Å². The molecule has 2 N–H and O–H groups in total. The first-order valence-corrected chi connectivity index (χ1v) is 8.91. The lowest BCUT2D eigenvalue weighted by Gasteiger charge is -2.11. The van der Waals surface area contributed by atoms with Gasteiger partial charge in [0.1, 0.15) is 0 Å². The maximum atomic E-state index is 12.3. The third-order valence-electron chi connectivity index (χ3n) is 5.22. The Morgan fingerprint density at radius 1 is 1.04 bits per heavy atom. The van der Waals surface area contributed by atoms with Crippen molar-refractivity contribution in [2.45, 2.75) is 27.3 Å². The van der Waals surface area contributed by atoms with E-state index in [1.807, 2.05) is 63.2 Å². The van der Waals surface area contributed by atoms with E-state index in [0.29, 0.717) is 12.1 Å². The molecule has 0 bridgehead atoms. The highest BCUT2D eigenvalue weighted by Crippen LogP contribution is 2.36. The molecule has 1 amide bonds. The number of nitrogens with two attached hydrogens (primary N) is 1. The Hall–Kier alpha value is -3.21. The van der Waals surface area contributed by atoms with E-state index in [2.05, 4.69) is 4.57 Å². The van der Waals surface area contributed by atoms with Crippen molar-refractivity contribution in [1.82, 2.24) is 4.57 Å². The van der Waals surface area contributed by atoms with Crippen LogP contribution in [0.4, 0.5) is 0 Å². The maximum Gasteiger partial charge on any atom is 0.251 e. The average Bonchev–Trinajstić information content (AvgIpc) is 3.19. The summed E-state index contributed by atoms with van der Waals surface area (Å²) in [6.45, 7) is 6.91. The highest BCUT2D eigenvalue weighted by Gasteiger charge is 2.24. The predicted octanol–water partition coefficient (Wildman–Crippen LogP) is 3.96. The van der Waals surface area contributed by atoms with Gasteiger partial charge < -0.3 is 19.8 Å². The molecule has 0 atom stereocenters. The molecule has 3 aromatic rings. The number of fused-ring (bicyclic) bond motifs is 1. The minimum atomic E-state index is -0.404. The predicted molar refractivity (Wildman–Crippen MR) is 104 cm³/mol. The highest BCUT2D eigenvalue weighted by molar-refractivity contribution is 6.02. The van der Waals surface area contributed by atoms with Gasteiger partial charge in [-0.3, -0.25) is 4.79 Å². The fraction of sp³-hybridized carbons (Fsp3) is 0.227. The van der Waals surface area contributed by atoms with Gasteiger partial charge in [0.05, 0.1) is 5.56 Å². The van der Waals surface area contributed by atoms with Gasteiger partial charge in [0.25, 0.3) is 5.91 Å². The van der Waals surface area contributed by atoms with Crippen LogP contribution in [0.5, 0.6) is 11.5 Å². The number of carbonyl (C=O) groups excluding carboxylic acids is 1. The molecule has 1 aromatic heterocycles. The average molecular weight is 362 g/mol. The molecule has 0 saturated carbocycles. The first-order valence-electron chi connectivity index (χ1n) is 8.91. The zero-order valence-electron chi connectivity index (χ0n) is 15.7. The van der Waals surface area contributed by atoms with Crippen molar-refractivity contribution in [3.05, 3.63) is 70.5 Å². The Morgan fingerprint density at radius 3 is 2.52 bits per heavy atom. The summed E-state index contributed by atoms with van der Waals surface area (Å²) in [4.78, 5) is 12.3. The van der Waals surface area contributed by atoms with E-state index in [9.17, 15) is 4.79 Å². The quantitative estimate of drug-likeness (QED) is 0.764. The summed E-state index contributed by atoms with van der Waals surface area (Å²) in [6, 6.07) is 14.0. The van der Waals surface area contributed by atoms with Crippen molar-refractivity contribution in [1.29, 1.82) is 0 Å². The Morgan fingerprint density at radius 2 is 1.78 bits per heavy atom. The van der Waals surface area contributed by atoms with Gasteiger partial charge in [-0.15, -0.1) is 0 Å². The zero-order valence-corrected chi connectivity index (χ0v) is 15.7. The maximum absolute atomic E-state index is 12.3. The van der Waals surface area contributed by atoms with Crippen molar-refractivity contribution in [2.24, 2.45) is 5.73 Å². The molecule has 27 heavy (non-hydrogen) atoms. The second-order valence-corrected chi connectivity index (χ2v) is 6.87. The lowest BCUT2D eigenvalue weighted by Crippen LogP contribution is -2.13. The zero-order chi connectivity index (χ0) is 19.1. The van der Waals surface area contributed by atoms with Gasteiger partial charge in [-0.25, -0.2) is 0 Å². The number of primary amides is 1. The Balaban J connectivity index is 1.84. The van der Waals surface area contributed by atoms with Gasteiger partial charge in [-0.2, -0.15) is 0 Å². The Labute approximate surface area is 158 Å². The topological polar surface area (TPSA) is 66.5 Å². The van der Waals surface area contributed by atoms with Gasteiger partial charge in [-0.1, -0.05) is 30.3 Å². The van der Waals surface area contributed by atoms with Crippen LogP contribution in [-0.2, 0) is 6.54 Å². The standard InChI is InChI=1S/C22H22N2O3/c1-13-6-4-5-7-17(13)20-14(2)24(15(3)21(20)22(23)25)11-16-8-9-18-19(10-16)27-12-26-18/h4-10H,11-12H2,1-3H3,(H2,23,25). The van der Waals surface area contributed by atoms with Crippen LogP contribution < -0.4 is 15.2 Å². The summed E-state index contributed by atoms with van der Waals surface area (Å²) in [7, 11) is 0. The molecule has 0 radical (unpaired) electrons. The van der Waals surface area contributed by atoms with Crippen molar-refractivity contribution >= 4 is 5.91 Å². The molecule has 0 unspecified atom stereocenters. The molecule has 2 heterocycles. The number of carbonyl (C=O) groups is 1. The molecular formula is C22H22N2O3. The van der Waals surface area contributed by atoms with Crippen LogP contribution in [0.15, 0.2) is 42.5 Å².